The van der Waals surface area contributed by atoms with Gasteiger partial charge in [-0.15, -0.1) is 0 Å². The van der Waals surface area contributed by atoms with Crippen LogP contribution >= 0.6 is 0 Å². The highest BCUT2D eigenvalue weighted by atomic mass is 16.5. The van der Waals surface area contributed by atoms with Gasteiger partial charge in [-0.25, -0.2) is 0 Å². The lowest BCUT2D eigenvalue weighted by molar-refractivity contribution is -0.115. The topological polar surface area (TPSA) is 58.6 Å². The summed E-state index contributed by atoms with van der Waals surface area (Å²) in [6.45, 7) is 1.90. The molecule has 0 bridgehead atoms. The lowest BCUT2D eigenvalue weighted by atomic mass is 10.1. The number of phenols is 1. The van der Waals surface area contributed by atoms with Crippen molar-refractivity contribution in [1.82, 2.24) is 0 Å². The predicted octanol–water partition coefficient (Wildman–Crippen LogP) is 2.89. The smallest absolute Gasteiger partial charge is 0.228 e. The van der Waals surface area contributed by atoms with Crippen LogP contribution < -0.4 is 10.1 Å². The highest BCUT2D eigenvalue weighted by Gasteiger charge is 2.07. The number of benzene rings is 2. The second-order valence-electron chi connectivity index (χ2n) is 4.59. The van der Waals surface area contributed by atoms with Crippen LogP contribution in [0.2, 0.25) is 0 Å². The number of aryl methyl sites for hydroxylation is 1. The molecule has 0 radical (unpaired) electrons. The first kappa shape index (κ1) is 13.9. The van der Waals surface area contributed by atoms with E-state index in [0.29, 0.717) is 5.69 Å². The number of hydrogen-bond acceptors (Lipinski definition) is 3. The number of phenolic OH excluding ortho intramolecular Hbond substituents is 1. The highest BCUT2D eigenvalue weighted by molar-refractivity contribution is 5.93. The van der Waals surface area contributed by atoms with Crippen molar-refractivity contribution < 1.29 is 14.6 Å². The molecular weight excluding hydrogens is 254 g/mol. The summed E-state index contributed by atoms with van der Waals surface area (Å²) in [6.07, 6.45) is 0.247. The minimum Gasteiger partial charge on any atom is -0.506 e. The second-order valence-corrected chi connectivity index (χ2v) is 4.59. The van der Waals surface area contributed by atoms with E-state index in [4.69, 9.17) is 4.74 Å². The Hall–Kier alpha value is -2.49. The SMILES string of the molecule is COc1ccc(CC(=O)Nc2cc(C)ccc2O)cc1. The monoisotopic (exact) mass is 271 g/mol. The summed E-state index contributed by atoms with van der Waals surface area (Å²) in [5.41, 5.74) is 2.29. The van der Waals surface area contributed by atoms with Crippen LogP contribution in [0, 0.1) is 6.92 Å². The molecular formula is C16H17NO3. The molecule has 1 amide bonds. The van der Waals surface area contributed by atoms with Crippen LogP contribution in [0.15, 0.2) is 42.5 Å². The number of nitrogens with one attached hydrogen (secondary N) is 1. The van der Waals surface area contributed by atoms with Crippen molar-refractivity contribution in [2.75, 3.05) is 12.4 Å². The third-order valence-electron chi connectivity index (χ3n) is 2.95. The molecule has 20 heavy (non-hydrogen) atoms. The van der Waals surface area contributed by atoms with E-state index >= 15 is 0 Å². The third kappa shape index (κ3) is 3.51. The fourth-order valence-electron chi connectivity index (χ4n) is 1.87. The zero-order valence-electron chi connectivity index (χ0n) is 11.5. The minimum absolute atomic E-state index is 0.0682. The zero-order chi connectivity index (χ0) is 14.5. The standard InChI is InChI=1S/C16H17NO3/c1-11-3-8-15(18)14(9-11)17-16(19)10-12-4-6-13(20-2)7-5-12/h3-9,18H,10H2,1-2H3,(H,17,19). The van der Waals surface area contributed by atoms with Gasteiger partial charge in [0.05, 0.1) is 19.2 Å². The number of anilines is 1. The Bertz CT molecular complexity index is 606. The summed E-state index contributed by atoms with van der Waals surface area (Å²) in [6, 6.07) is 12.4. The van der Waals surface area contributed by atoms with E-state index < -0.39 is 0 Å². The van der Waals surface area contributed by atoms with Crippen molar-refractivity contribution in [2.45, 2.75) is 13.3 Å². The molecule has 2 aromatic rings. The first-order valence-corrected chi connectivity index (χ1v) is 6.31. The van der Waals surface area contributed by atoms with Crippen LogP contribution in [0.1, 0.15) is 11.1 Å². The lowest BCUT2D eigenvalue weighted by Crippen LogP contribution is -2.14. The maximum Gasteiger partial charge on any atom is 0.228 e. The van der Waals surface area contributed by atoms with Gasteiger partial charge in [-0.3, -0.25) is 4.79 Å². The number of ether oxygens (including phenoxy) is 1. The van der Waals surface area contributed by atoms with Crippen LogP contribution in [0.25, 0.3) is 0 Å². The molecule has 4 nitrogen and oxygen atoms in total. The van der Waals surface area contributed by atoms with Crippen LogP contribution in [-0.2, 0) is 11.2 Å². The van der Waals surface area contributed by atoms with E-state index in [1.54, 1.807) is 25.3 Å². The quantitative estimate of drug-likeness (QED) is 0.841. The molecule has 0 atom stereocenters. The summed E-state index contributed by atoms with van der Waals surface area (Å²) in [5.74, 6) is 0.653. The van der Waals surface area contributed by atoms with E-state index in [-0.39, 0.29) is 18.1 Å². The number of aromatic hydroxyl groups is 1. The highest BCUT2D eigenvalue weighted by Crippen LogP contribution is 2.24. The molecule has 4 heteroatoms. The van der Waals surface area contributed by atoms with Crippen LogP contribution in [0.3, 0.4) is 0 Å². The number of amides is 1. The Kier molecular flexibility index (Phi) is 4.25. The van der Waals surface area contributed by atoms with Gasteiger partial charge in [0.2, 0.25) is 5.91 Å². The Morgan fingerprint density at radius 2 is 1.90 bits per heavy atom. The number of methoxy groups -OCH3 is 1. The van der Waals surface area contributed by atoms with Crippen molar-refractivity contribution in [2.24, 2.45) is 0 Å². The van der Waals surface area contributed by atoms with E-state index in [9.17, 15) is 9.90 Å². The van der Waals surface area contributed by atoms with Crippen LogP contribution in [0.4, 0.5) is 5.69 Å². The molecule has 2 N–H and O–H groups in total. The average molecular weight is 271 g/mol. The third-order valence-corrected chi connectivity index (χ3v) is 2.95. The van der Waals surface area contributed by atoms with Crippen molar-refractivity contribution >= 4 is 11.6 Å². The van der Waals surface area contributed by atoms with Gasteiger partial charge in [0.1, 0.15) is 11.5 Å². The first-order valence-electron chi connectivity index (χ1n) is 6.31. The van der Waals surface area contributed by atoms with Gasteiger partial charge in [-0.1, -0.05) is 18.2 Å². The number of carbonyl (C=O) groups is 1. The van der Waals surface area contributed by atoms with Gasteiger partial charge in [0.25, 0.3) is 0 Å². The van der Waals surface area contributed by atoms with Crippen LogP contribution in [-0.4, -0.2) is 18.1 Å². The Morgan fingerprint density at radius 1 is 1.20 bits per heavy atom. The van der Waals surface area contributed by atoms with Crippen molar-refractivity contribution in [1.29, 1.82) is 0 Å². The van der Waals surface area contributed by atoms with Gasteiger partial charge in [-0.2, -0.15) is 0 Å². The largest absolute Gasteiger partial charge is 0.506 e. The normalized spacial score (nSPS) is 10.1. The summed E-state index contributed by atoms with van der Waals surface area (Å²) >= 11 is 0. The molecule has 2 aromatic carbocycles. The molecule has 0 saturated carbocycles. The maximum atomic E-state index is 11.9. The molecule has 0 aliphatic heterocycles. The zero-order valence-corrected chi connectivity index (χ0v) is 11.5. The molecule has 0 aliphatic carbocycles. The van der Waals surface area contributed by atoms with Crippen molar-refractivity contribution in [3.05, 3.63) is 53.6 Å². The molecule has 0 unspecified atom stereocenters. The van der Waals surface area contributed by atoms with E-state index in [0.717, 1.165) is 16.9 Å². The Balaban J connectivity index is 2.03. The molecule has 0 aromatic heterocycles. The van der Waals surface area contributed by atoms with E-state index in [2.05, 4.69) is 5.32 Å². The van der Waals surface area contributed by atoms with Gasteiger partial charge in [0, 0.05) is 0 Å². The molecule has 0 aliphatic rings. The molecule has 0 saturated heterocycles. The van der Waals surface area contributed by atoms with Crippen molar-refractivity contribution in [3.8, 4) is 11.5 Å². The molecule has 104 valence electrons. The Labute approximate surface area is 118 Å². The summed E-state index contributed by atoms with van der Waals surface area (Å²) < 4.78 is 5.07. The van der Waals surface area contributed by atoms with E-state index in [1.165, 1.54) is 0 Å². The predicted molar refractivity (Wildman–Crippen MR) is 78.2 cm³/mol. The lowest BCUT2D eigenvalue weighted by Gasteiger charge is -2.08. The number of rotatable bonds is 4. The van der Waals surface area contributed by atoms with Gasteiger partial charge < -0.3 is 15.2 Å². The second kappa shape index (κ2) is 6.10. The summed E-state index contributed by atoms with van der Waals surface area (Å²) in [5, 5.41) is 12.4. The fourth-order valence-corrected chi connectivity index (χ4v) is 1.87. The van der Waals surface area contributed by atoms with Gasteiger partial charge >= 0.3 is 0 Å². The van der Waals surface area contributed by atoms with Crippen LogP contribution in [0.5, 0.6) is 11.5 Å². The average Bonchev–Trinajstić information content (AvgIpc) is 2.43. The van der Waals surface area contributed by atoms with E-state index in [1.807, 2.05) is 31.2 Å². The summed E-state index contributed by atoms with van der Waals surface area (Å²) in [7, 11) is 1.60. The number of hydrogen-bond donors (Lipinski definition) is 2. The maximum absolute atomic E-state index is 11.9. The molecule has 0 spiro atoms. The van der Waals surface area contributed by atoms with Crippen molar-refractivity contribution in [3.63, 3.8) is 0 Å². The summed E-state index contributed by atoms with van der Waals surface area (Å²) in [4.78, 5) is 11.9. The molecule has 0 fully saturated rings. The molecule has 0 heterocycles. The van der Waals surface area contributed by atoms with Gasteiger partial charge in [0.15, 0.2) is 0 Å². The Morgan fingerprint density at radius 3 is 2.55 bits per heavy atom. The molecule has 2 rings (SSSR count). The first-order chi connectivity index (χ1) is 9.58. The fraction of sp³-hybridized carbons (Fsp3) is 0.188. The van der Waals surface area contributed by atoms with Gasteiger partial charge in [-0.05, 0) is 42.3 Å². The minimum atomic E-state index is -0.170. The number of carbonyl (C=O) groups excluding carboxylic acids is 1.